The molecule has 5 nitrogen and oxygen atoms in total. The van der Waals surface area contributed by atoms with Gasteiger partial charge in [-0.3, -0.25) is 4.98 Å². The lowest BCUT2D eigenvalue weighted by atomic mass is 10.2. The molecule has 0 fully saturated rings. The standard InChI is InChI=1S/C17H20ClN3O2/c1-3-23-16-9-15(18)7-6-14(16)11-20-17(22)21(2)12-13-5-4-8-19-10-13/h4-10H,3,11-12H2,1-2H3,(H,20,22). The molecule has 0 radical (unpaired) electrons. The monoisotopic (exact) mass is 333 g/mol. The summed E-state index contributed by atoms with van der Waals surface area (Å²) in [4.78, 5) is 17.8. The SMILES string of the molecule is CCOc1cc(Cl)ccc1CNC(=O)N(C)Cc1cccnc1. The van der Waals surface area contributed by atoms with Gasteiger partial charge in [-0.2, -0.15) is 0 Å². The molecule has 2 rings (SSSR count). The molecule has 122 valence electrons. The Kier molecular flexibility index (Phi) is 6.23. The molecule has 6 heteroatoms. The molecule has 2 aromatic rings. The highest BCUT2D eigenvalue weighted by molar-refractivity contribution is 6.30. The van der Waals surface area contributed by atoms with Crippen molar-refractivity contribution in [1.29, 1.82) is 0 Å². The van der Waals surface area contributed by atoms with Gasteiger partial charge in [-0.1, -0.05) is 23.7 Å². The van der Waals surface area contributed by atoms with Crippen LogP contribution in [-0.2, 0) is 13.1 Å². The summed E-state index contributed by atoms with van der Waals surface area (Å²) in [5, 5.41) is 3.49. The van der Waals surface area contributed by atoms with Gasteiger partial charge in [0.1, 0.15) is 5.75 Å². The van der Waals surface area contributed by atoms with Crippen LogP contribution in [0.15, 0.2) is 42.7 Å². The Morgan fingerprint density at radius 2 is 2.22 bits per heavy atom. The number of nitrogens with one attached hydrogen (secondary N) is 1. The minimum atomic E-state index is -0.161. The van der Waals surface area contributed by atoms with Crippen molar-refractivity contribution < 1.29 is 9.53 Å². The number of ether oxygens (including phenoxy) is 1. The van der Waals surface area contributed by atoms with Crippen molar-refractivity contribution in [2.24, 2.45) is 0 Å². The third-order valence-electron chi connectivity index (χ3n) is 3.25. The lowest BCUT2D eigenvalue weighted by molar-refractivity contribution is 0.206. The van der Waals surface area contributed by atoms with E-state index in [2.05, 4.69) is 10.3 Å². The number of carbonyl (C=O) groups excluding carboxylic acids is 1. The highest BCUT2D eigenvalue weighted by Crippen LogP contribution is 2.23. The predicted molar refractivity (Wildman–Crippen MR) is 90.6 cm³/mol. The molecule has 1 heterocycles. The van der Waals surface area contributed by atoms with Crippen molar-refractivity contribution in [2.45, 2.75) is 20.0 Å². The molecule has 0 saturated carbocycles. The van der Waals surface area contributed by atoms with E-state index < -0.39 is 0 Å². The summed E-state index contributed by atoms with van der Waals surface area (Å²) in [5.74, 6) is 0.690. The molecule has 0 bridgehead atoms. The summed E-state index contributed by atoms with van der Waals surface area (Å²) in [6, 6.07) is 9.02. The Morgan fingerprint density at radius 1 is 1.39 bits per heavy atom. The van der Waals surface area contributed by atoms with Crippen LogP contribution in [0.4, 0.5) is 4.79 Å². The molecule has 0 atom stereocenters. The second-order valence-electron chi connectivity index (χ2n) is 5.06. The van der Waals surface area contributed by atoms with Gasteiger partial charge in [0.15, 0.2) is 0 Å². The van der Waals surface area contributed by atoms with Crippen LogP contribution in [0, 0.1) is 0 Å². The number of carbonyl (C=O) groups is 1. The molecule has 0 spiro atoms. The van der Waals surface area contributed by atoms with E-state index >= 15 is 0 Å². The minimum absolute atomic E-state index is 0.161. The largest absolute Gasteiger partial charge is 0.493 e. The lowest BCUT2D eigenvalue weighted by Gasteiger charge is -2.18. The van der Waals surface area contributed by atoms with Crippen LogP contribution in [0.3, 0.4) is 0 Å². The van der Waals surface area contributed by atoms with E-state index in [1.54, 1.807) is 36.5 Å². The van der Waals surface area contributed by atoms with Crippen molar-refractivity contribution in [3.05, 3.63) is 58.9 Å². The van der Waals surface area contributed by atoms with E-state index in [4.69, 9.17) is 16.3 Å². The summed E-state index contributed by atoms with van der Waals surface area (Å²) in [7, 11) is 1.74. The molecular weight excluding hydrogens is 314 g/mol. The average molecular weight is 334 g/mol. The van der Waals surface area contributed by atoms with Gasteiger partial charge in [0.25, 0.3) is 0 Å². The number of hydrogen-bond donors (Lipinski definition) is 1. The van der Waals surface area contributed by atoms with Crippen molar-refractivity contribution >= 4 is 17.6 Å². The molecule has 0 unspecified atom stereocenters. The van der Waals surface area contributed by atoms with Gasteiger partial charge in [-0.25, -0.2) is 4.79 Å². The number of urea groups is 1. The first-order valence-corrected chi connectivity index (χ1v) is 7.77. The van der Waals surface area contributed by atoms with Crippen LogP contribution in [0.25, 0.3) is 0 Å². The zero-order valence-electron chi connectivity index (χ0n) is 13.3. The van der Waals surface area contributed by atoms with Gasteiger partial charge in [0.05, 0.1) is 6.61 Å². The molecule has 1 aromatic heterocycles. The number of aromatic nitrogens is 1. The zero-order valence-corrected chi connectivity index (χ0v) is 14.0. The molecule has 0 aliphatic heterocycles. The number of hydrogen-bond acceptors (Lipinski definition) is 3. The normalized spacial score (nSPS) is 10.2. The fourth-order valence-electron chi connectivity index (χ4n) is 2.11. The number of pyridine rings is 1. The fourth-order valence-corrected chi connectivity index (χ4v) is 2.27. The molecule has 0 aliphatic carbocycles. The topological polar surface area (TPSA) is 54.5 Å². The lowest BCUT2D eigenvalue weighted by Crippen LogP contribution is -2.36. The van der Waals surface area contributed by atoms with E-state index in [9.17, 15) is 4.79 Å². The van der Waals surface area contributed by atoms with Crippen molar-refractivity contribution in [2.75, 3.05) is 13.7 Å². The molecule has 0 aliphatic rings. The summed E-state index contributed by atoms with van der Waals surface area (Å²) in [6.45, 7) is 3.33. The molecule has 0 saturated heterocycles. The van der Waals surface area contributed by atoms with Crippen molar-refractivity contribution in [3.8, 4) is 5.75 Å². The highest BCUT2D eigenvalue weighted by atomic mass is 35.5. The zero-order chi connectivity index (χ0) is 16.7. The third kappa shape index (κ3) is 5.14. The molecule has 1 N–H and O–H groups in total. The number of halogens is 1. The Balaban J connectivity index is 1.93. The van der Waals surface area contributed by atoms with Crippen LogP contribution in [0.1, 0.15) is 18.1 Å². The summed E-state index contributed by atoms with van der Waals surface area (Å²) in [6.07, 6.45) is 3.45. The second-order valence-corrected chi connectivity index (χ2v) is 5.50. The summed E-state index contributed by atoms with van der Waals surface area (Å²) in [5.41, 5.74) is 1.87. The van der Waals surface area contributed by atoms with E-state index in [0.717, 1.165) is 11.1 Å². The van der Waals surface area contributed by atoms with Crippen LogP contribution in [0.2, 0.25) is 5.02 Å². The van der Waals surface area contributed by atoms with Gasteiger partial charge in [0, 0.05) is 43.1 Å². The fraction of sp³-hybridized carbons (Fsp3) is 0.294. The Hall–Kier alpha value is -2.27. The van der Waals surface area contributed by atoms with Crippen molar-refractivity contribution in [3.63, 3.8) is 0 Å². The van der Waals surface area contributed by atoms with Gasteiger partial charge in [0.2, 0.25) is 0 Å². The van der Waals surface area contributed by atoms with Gasteiger partial charge < -0.3 is 15.0 Å². The maximum Gasteiger partial charge on any atom is 0.317 e. The first kappa shape index (κ1) is 17.1. The summed E-state index contributed by atoms with van der Waals surface area (Å²) < 4.78 is 5.55. The predicted octanol–water partition coefficient (Wildman–Crippen LogP) is 3.48. The number of amides is 2. The highest BCUT2D eigenvalue weighted by Gasteiger charge is 2.11. The average Bonchev–Trinajstić information content (AvgIpc) is 2.55. The Morgan fingerprint density at radius 3 is 2.91 bits per heavy atom. The van der Waals surface area contributed by atoms with Crippen LogP contribution in [0.5, 0.6) is 5.75 Å². The molecule has 1 aromatic carbocycles. The van der Waals surface area contributed by atoms with Crippen LogP contribution in [-0.4, -0.2) is 29.6 Å². The first-order valence-electron chi connectivity index (χ1n) is 7.39. The minimum Gasteiger partial charge on any atom is -0.493 e. The quantitative estimate of drug-likeness (QED) is 0.880. The number of rotatable bonds is 6. The smallest absolute Gasteiger partial charge is 0.317 e. The van der Waals surface area contributed by atoms with Gasteiger partial charge >= 0.3 is 6.03 Å². The second kappa shape index (κ2) is 8.39. The van der Waals surface area contributed by atoms with E-state index in [1.165, 1.54) is 0 Å². The molecule has 2 amide bonds. The Bertz CT molecular complexity index is 650. The van der Waals surface area contributed by atoms with E-state index in [0.29, 0.717) is 30.5 Å². The van der Waals surface area contributed by atoms with E-state index in [1.807, 2.05) is 25.1 Å². The van der Waals surface area contributed by atoms with Gasteiger partial charge in [-0.15, -0.1) is 0 Å². The maximum absolute atomic E-state index is 12.2. The first-order chi connectivity index (χ1) is 11.1. The Labute approximate surface area is 141 Å². The molecular formula is C17H20ClN3O2. The van der Waals surface area contributed by atoms with Crippen LogP contribution >= 0.6 is 11.6 Å². The van der Waals surface area contributed by atoms with Gasteiger partial charge in [-0.05, 0) is 30.7 Å². The summed E-state index contributed by atoms with van der Waals surface area (Å²) >= 11 is 5.97. The van der Waals surface area contributed by atoms with Crippen LogP contribution < -0.4 is 10.1 Å². The number of benzene rings is 1. The van der Waals surface area contributed by atoms with E-state index in [-0.39, 0.29) is 6.03 Å². The van der Waals surface area contributed by atoms with Crippen molar-refractivity contribution in [1.82, 2.24) is 15.2 Å². The number of nitrogens with zero attached hydrogens (tertiary/aromatic N) is 2. The maximum atomic E-state index is 12.2. The third-order valence-corrected chi connectivity index (χ3v) is 3.48. The molecule has 23 heavy (non-hydrogen) atoms.